The second-order valence-electron chi connectivity index (χ2n) is 8.90. The van der Waals surface area contributed by atoms with Crippen LogP contribution in [0.2, 0.25) is 0 Å². The minimum atomic E-state index is -7.77. The van der Waals surface area contributed by atoms with Crippen LogP contribution in [0.25, 0.3) is 0 Å². The molecular weight excluding hydrogens is 556 g/mol. The van der Waals surface area contributed by atoms with E-state index in [-0.39, 0.29) is 0 Å². The van der Waals surface area contributed by atoms with Crippen LogP contribution >= 0.6 is 0 Å². The first-order chi connectivity index (χ1) is 17.2. The normalized spacial score (nSPS) is 30.1. The molecule has 0 amide bonds. The van der Waals surface area contributed by atoms with Gasteiger partial charge in [-0.1, -0.05) is 24.3 Å². The van der Waals surface area contributed by atoms with E-state index in [2.05, 4.69) is 18.9 Å². The number of alkyl halides is 12. The van der Waals surface area contributed by atoms with E-state index in [1.807, 2.05) is 0 Å². The van der Waals surface area contributed by atoms with E-state index in [9.17, 15) is 35.1 Å². The molecule has 0 aromatic rings. The maximum Gasteiger partial charge on any atom is 0.384 e. The largest absolute Gasteiger partial charge is 0.384 e. The predicted octanol–water partition coefficient (Wildman–Crippen LogP) is 6.30. The predicted molar refractivity (Wildman–Crippen MR) is 108 cm³/mol. The van der Waals surface area contributed by atoms with Crippen molar-refractivity contribution < 1.29 is 71.6 Å². The smallest absolute Gasteiger partial charge is 0.378 e. The molecule has 0 fully saturated rings. The molecule has 222 valence electrons. The summed E-state index contributed by atoms with van der Waals surface area (Å²) in [6.45, 7) is 0. The summed E-state index contributed by atoms with van der Waals surface area (Å²) in [7, 11) is 2.11. The van der Waals surface area contributed by atoms with Gasteiger partial charge in [0.2, 0.25) is 0 Å². The topological polar surface area (TPSA) is 36.9 Å². The lowest BCUT2D eigenvalue weighted by atomic mass is 9.73. The minimum Gasteiger partial charge on any atom is -0.378 e. The number of hydrogen-bond acceptors (Lipinski definition) is 4. The van der Waals surface area contributed by atoms with Crippen LogP contribution in [0.15, 0.2) is 24.3 Å². The van der Waals surface area contributed by atoms with E-state index in [1.165, 1.54) is 0 Å². The monoisotopic (exact) mass is 582 g/mol. The van der Waals surface area contributed by atoms with Gasteiger partial charge in [0.05, 0.1) is 12.2 Å². The molecule has 4 nitrogen and oxygen atoms in total. The molecule has 2 aliphatic carbocycles. The summed E-state index contributed by atoms with van der Waals surface area (Å²) >= 11 is 0. The summed E-state index contributed by atoms with van der Waals surface area (Å²) in [5.41, 5.74) is -7.53. The van der Waals surface area contributed by atoms with E-state index in [0.29, 0.717) is 28.4 Å². The Morgan fingerprint density at radius 3 is 1.03 bits per heavy atom. The third-order valence-electron chi connectivity index (χ3n) is 7.25. The molecule has 2 aliphatic rings. The molecule has 16 heteroatoms. The maximum absolute atomic E-state index is 15.2. The van der Waals surface area contributed by atoms with Gasteiger partial charge in [0, 0.05) is 41.3 Å². The van der Waals surface area contributed by atoms with Gasteiger partial charge in [-0.25, -0.2) is 0 Å². The van der Waals surface area contributed by atoms with Crippen molar-refractivity contribution in [3.8, 4) is 0 Å². The fraction of sp³-hybridized carbons (Fsp3) is 0.818. The van der Waals surface area contributed by atoms with Gasteiger partial charge in [-0.3, -0.25) is 0 Å². The van der Waals surface area contributed by atoms with Gasteiger partial charge in [0.25, 0.3) is 0 Å². The second-order valence-corrected chi connectivity index (χ2v) is 8.90. The highest BCUT2D eigenvalue weighted by Crippen LogP contribution is 2.65. The van der Waals surface area contributed by atoms with Crippen LogP contribution in [-0.2, 0) is 18.9 Å². The van der Waals surface area contributed by atoms with Crippen LogP contribution in [0.4, 0.5) is 52.7 Å². The Bertz CT molecular complexity index is 835. The SMILES string of the molecule is COC1CC=CCC1(OC)C(F)(F)C(F)(F)C(F)(F)C(F)(F)C(F)(F)C(F)(F)C1(OC)CC=CCC1OC. The Morgan fingerprint density at radius 2 is 0.789 bits per heavy atom. The summed E-state index contributed by atoms with van der Waals surface area (Å²) in [6, 6.07) is 0. The fourth-order valence-electron chi connectivity index (χ4n) is 4.84. The third kappa shape index (κ3) is 3.91. The van der Waals surface area contributed by atoms with Crippen LogP contribution in [0, 0.1) is 0 Å². The molecule has 0 bridgehead atoms. The quantitative estimate of drug-likeness (QED) is 0.212. The molecule has 38 heavy (non-hydrogen) atoms. The molecule has 0 saturated carbocycles. The zero-order chi connectivity index (χ0) is 29.6. The maximum atomic E-state index is 15.2. The molecule has 0 saturated heterocycles. The van der Waals surface area contributed by atoms with Gasteiger partial charge >= 0.3 is 35.5 Å². The molecule has 0 radical (unpaired) electrons. The highest BCUT2D eigenvalue weighted by atomic mass is 19.4. The number of halogens is 12. The van der Waals surface area contributed by atoms with Crippen molar-refractivity contribution in [1.29, 1.82) is 0 Å². The number of rotatable bonds is 11. The van der Waals surface area contributed by atoms with Crippen molar-refractivity contribution >= 4 is 0 Å². The van der Waals surface area contributed by atoms with Gasteiger partial charge in [0.1, 0.15) is 0 Å². The standard InChI is InChI=1S/C22H26F12O4/c1-35-13-9-5-7-11-15(13,37-3)17(23,24)19(27,28)21(31,32)22(33,34)20(29,30)18(25,26)16(38-4)12-8-6-10-14(16)36-2/h5-8,13-14H,9-12H2,1-4H3. The summed E-state index contributed by atoms with van der Waals surface area (Å²) in [5.74, 6) is -43.0. The average molecular weight is 582 g/mol. The zero-order valence-corrected chi connectivity index (χ0v) is 20.5. The van der Waals surface area contributed by atoms with Crippen molar-refractivity contribution in [1.82, 2.24) is 0 Å². The minimum absolute atomic E-state index is 0.359. The third-order valence-corrected chi connectivity index (χ3v) is 7.25. The van der Waals surface area contributed by atoms with Crippen molar-refractivity contribution in [3.05, 3.63) is 24.3 Å². The molecule has 2 rings (SSSR count). The van der Waals surface area contributed by atoms with Gasteiger partial charge in [0.15, 0.2) is 11.2 Å². The summed E-state index contributed by atoms with van der Waals surface area (Å²) in [5, 5.41) is 0. The summed E-state index contributed by atoms with van der Waals surface area (Å²) < 4.78 is 198. The van der Waals surface area contributed by atoms with Crippen molar-refractivity contribution in [2.24, 2.45) is 0 Å². The van der Waals surface area contributed by atoms with Crippen molar-refractivity contribution in [3.63, 3.8) is 0 Å². The Labute approximate surface area is 209 Å². The fourth-order valence-corrected chi connectivity index (χ4v) is 4.84. The lowest BCUT2D eigenvalue weighted by Crippen LogP contribution is -2.78. The highest BCUT2D eigenvalue weighted by Gasteiger charge is 2.94. The molecule has 4 atom stereocenters. The number of methoxy groups -OCH3 is 4. The van der Waals surface area contributed by atoms with Crippen LogP contribution < -0.4 is 0 Å². The van der Waals surface area contributed by atoms with E-state index >= 15 is 17.6 Å². The molecule has 0 aromatic heterocycles. The second kappa shape index (κ2) is 10.1. The molecule has 0 N–H and O–H groups in total. The van der Waals surface area contributed by atoms with E-state index in [0.717, 1.165) is 24.3 Å². The van der Waals surface area contributed by atoms with E-state index in [4.69, 9.17) is 0 Å². The Hall–Kier alpha value is -1.52. The number of hydrogen-bond donors (Lipinski definition) is 0. The molecule has 0 aromatic carbocycles. The van der Waals surface area contributed by atoms with Crippen LogP contribution in [0.5, 0.6) is 0 Å². The first-order valence-corrected chi connectivity index (χ1v) is 10.9. The summed E-state index contributed by atoms with van der Waals surface area (Å²) in [6.07, 6.45) is -4.41. The van der Waals surface area contributed by atoms with Crippen LogP contribution in [0.3, 0.4) is 0 Å². The zero-order valence-electron chi connectivity index (χ0n) is 20.5. The molecule has 0 aliphatic heterocycles. The average Bonchev–Trinajstić information content (AvgIpc) is 2.87. The van der Waals surface area contributed by atoms with E-state index in [1.54, 1.807) is 0 Å². The van der Waals surface area contributed by atoms with Crippen LogP contribution in [0.1, 0.15) is 25.7 Å². The summed E-state index contributed by atoms with van der Waals surface area (Å²) in [4.78, 5) is 0. The number of ether oxygens (including phenoxy) is 4. The molecule has 0 heterocycles. The van der Waals surface area contributed by atoms with E-state index < -0.39 is 84.6 Å². The van der Waals surface area contributed by atoms with Crippen molar-refractivity contribution in [2.75, 3.05) is 28.4 Å². The molecule has 0 spiro atoms. The first-order valence-electron chi connectivity index (χ1n) is 10.9. The Morgan fingerprint density at radius 1 is 0.500 bits per heavy atom. The molecular formula is C22H26F12O4. The lowest BCUT2D eigenvalue weighted by Gasteiger charge is -2.51. The van der Waals surface area contributed by atoms with Gasteiger partial charge in [-0.05, 0) is 12.8 Å². The van der Waals surface area contributed by atoms with Gasteiger partial charge in [-0.15, -0.1) is 0 Å². The first kappa shape index (κ1) is 32.7. The van der Waals surface area contributed by atoms with Gasteiger partial charge < -0.3 is 18.9 Å². The van der Waals surface area contributed by atoms with Gasteiger partial charge in [-0.2, -0.15) is 52.7 Å². The molecule has 4 unspecified atom stereocenters. The Balaban J connectivity index is 2.71. The van der Waals surface area contributed by atoms with Crippen LogP contribution in [-0.4, -0.2) is 87.4 Å². The lowest BCUT2D eigenvalue weighted by molar-refractivity contribution is -0.454. The Kier molecular flexibility index (Phi) is 8.73. The highest BCUT2D eigenvalue weighted by molar-refractivity contribution is 5.23. The van der Waals surface area contributed by atoms with Crippen molar-refractivity contribution in [2.45, 2.75) is 84.6 Å².